The third-order valence-corrected chi connectivity index (χ3v) is 7.94. The minimum atomic E-state index is -4.13. The predicted octanol–water partition coefficient (Wildman–Crippen LogP) is 4.02. The predicted molar refractivity (Wildman–Crippen MR) is 144 cm³/mol. The van der Waals surface area contributed by atoms with E-state index in [9.17, 15) is 18.0 Å². The Morgan fingerprint density at radius 3 is 2.27 bits per heavy atom. The molecule has 196 valence electrons. The fourth-order valence-corrected chi connectivity index (χ4v) is 5.27. The molecule has 0 aliphatic rings. The highest BCUT2D eigenvalue weighted by Gasteiger charge is 2.32. The number of benzene rings is 3. The molecular formula is C27H30ClN3O5S. The van der Waals surface area contributed by atoms with Crippen LogP contribution in [0.1, 0.15) is 18.1 Å². The molecule has 37 heavy (non-hydrogen) atoms. The zero-order chi connectivity index (χ0) is 27.2. The van der Waals surface area contributed by atoms with Crippen molar-refractivity contribution in [3.8, 4) is 5.75 Å². The van der Waals surface area contributed by atoms with Gasteiger partial charge in [0.05, 0.1) is 17.7 Å². The Morgan fingerprint density at radius 1 is 1.03 bits per heavy atom. The van der Waals surface area contributed by atoms with E-state index in [2.05, 4.69) is 5.32 Å². The van der Waals surface area contributed by atoms with E-state index in [1.54, 1.807) is 55.5 Å². The summed E-state index contributed by atoms with van der Waals surface area (Å²) >= 11 is 6.03. The molecule has 10 heteroatoms. The van der Waals surface area contributed by atoms with Crippen LogP contribution >= 0.6 is 11.6 Å². The molecule has 1 N–H and O–H groups in total. The van der Waals surface area contributed by atoms with Gasteiger partial charge in [0.1, 0.15) is 18.3 Å². The van der Waals surface area contributed by atoms with Crippen LogP contribution in [0.5, 0.6) is 5.75 Å². The Balaban J connectivity index is 2.02. The number of nitrogens with zero attached hydrogens (tertiary/aromatic N) is 2. The van der Waals surface area contributed by atoms with Gasteiger partial charge in [-0.3, -0.25) is 13.9 Å². The van der Waals surface area contributed by atoms with Crippen molar-refractivity contribution in [3.05, 3.63) is 88.9 Å². The first-order valence-corrected chi connectivity index (χ1v) is 13.4. The molecule has 0 spiro atoms. The van der Waals surface area contributed by atoms with Crippen LogP contribution in [0.4, 0.5) is 5.69 Å². The largest absolute Gasteiger partial charge is 0.497 e. The van der Waals surface area contributed by atoms with E-state index < -0.39 is 28.5 Å². The van der Waals surface area contributed by atoms with Gasteiger partial charge in [0.2, 0.25) is 11.8 Å². The number of aryl methyl sites for hydroxylation is 1. The molecule has 0 unspecified atom stereocenters. The molecule has 3 rings (SSSR count). The number of carbonyl (C=O) groups excluding carboxylic acids is 2. The number of anilines is 1. The van der Waals surface area contributed by atoms with Gasteiger partial charge in [0.15, 0.2) is 0 Å². The van der Waals surface area contributed by atoms with Crippen LogP contribution in [0.15, 0.2) is 77.7 Å². The van der Waals surface area contributed by atoms with Gasteiger partial charge in [-0.05, 0) is 67.9 Å². The van der Waals surface area contributed by atoms with E-state index in [1.807, 2.05) is 6.92 Å². The number of carbonyl (C=O) groups is 2. The van der Waals surface area contributed by atoms with Gasteiger partial charge in [-0.1, -0.05) is 41.4 Å². The number of methoxy groups -OCH3 is 1. The summed E-state index contributed by atoms with van der Waals surface area (Å²) in [7, 11) is -1.11. The summed E-state index contributed by atoms with van der Waals surface area (Å²) in [6.45, 7) is 3.00. The number of nitrogens with one attached hydrogen (secondary N) is 1. The Bertz CT molecular complexity index is 1350. The van der Waals surface area contributed by atoms with Crippen molar-refractivity contribution in [2.24, 2.45) is 0 Å². The lowest BCUT2D eigenvalue weighted by molar-refractivity contribution is -0.139. The summed E-state index contributed by atoms with van der Waals surface area (Å²) < 4.78 is 33.7. The molecule has 1 atom stereocenters. The molecule has 0 aromatic heterocycles. The number of likely N-dealkylation sites (N-methyl/N-ethyl adjacent to an activating group) is 1. The molecule has 0 bridgehead atoms. The van der Waals surface area contributed by atoms with Crippen molar-refractivity contribution >= 4 is 39.1 Å². The molecule has 8 nitrogen and oxygen atoms in total. The number of hydrogen-bond donors (Lipinski definition) is 1. The number of hydrogen-bond acceptors (Lipinski definition) is 5. The van der Waals surface area contributed by atoms with Gasteiger partial charge < -0.3 is 15.0 Å². The third kappa shape index (κ3) is 6.81. The maximum absolute atomic E-state index is 13.7. The molecule has 0 fully saturated rings. The second kappa shape index (κ2) is 12.1. The van der Waals surface area contributed by atoms with Crippen molar-refractivity contribution in [1.82, 2.24) is 10.2 Å². The Morgan fingerprint density at radius 2 is 1.68 bits per heavy atom. The van der Waals surface area contributed by atoms with E-state index in [1.165, 1.54) is 43.3 Å². The van der Waals surface area contributed by atoms with Crippen molar-refractivity contribution in [2.45, 2.75) is 31.3 Å². The second-order valence-electron chi connectivity index (χ2n) is 8.46. The zero-order valence-electron chi connectivity index (χ0n) is 21.1. The normalized spacial score (nSPS) is 11.9. The van der Waals surface area contributed by atoms with Gasteiger partial charge in [0, 0.05) is 18.6 Å². The number of ether oxygens (including phenoxy) is 1. The van der Waals surface area contributed by atoms with Crippen LogP contribution in [0.2, 0.25) is 5.02 Å². The SMILES string of the molecule is CNC(=O)[C@H](C)N(Cc1cccc(OC)c1)C(=O)CN(c1ccc(Cl)cc1)S(=O)(=O)c1ccc(C)cc1. The van der Waals surface area contributed by atoms with Crippen molar-refractivity contribution in [2.75, 3.05) is 25.0 Å². The van der Waals surface area contributed by atoms with Crippen LogP contribution < -0.4 is 14.4 Å². The van der Waals surface area contributed by atoms with Gasteiger partial charge in [-0.15, -0.1) is 0 Å². The van der Waals surface area contributed by atoms with Crippen LogP contribution in [0.3, 0.4) is 0 Å². The van der Waals surface area contributed by atoms with E-state index in [0.717, 1.165) is 15.4 Å². The fraction of sp³-hybridized carbons (Fsp3) is 0.259. The highest BCUT2D eigenvalue weighted by Crippen LogP contribution is 2.26. The van der Waals surface area contributed by atoms with E-state index >= 15 is 0 Å². The van der Waals surface area contributed by atoms with Crippen LogP contribution in [0, 0.1) is 6.92 Å². The average molecular weight is 544 g/mol. The van der Waals surface area contributed by atoms with Gasteiger partial charge in [-0.2, -0.15) is 0 Å². The number of amides is 2. The quantitative estimate of drug-likeness (QED) is 0.417. The molecule has 0 heterocycles. The van der Waals surface area contributed by atoms with E-state index in [-0.39, 0.29) is 23.0 Å². The second-order valence-corrected chi connectivity index (χ2v) is 10.8. The molecule has 0 aliphatic carbocycles. The first-order chi connectivity index (χ1) is 17.6. The summed E-state index contributed by atoms with van der Waals surface area (Å²) in [5.74, 6) is -0.331. The molecule has 3 aromatic rings. The van der Waals surface area contributed by atoms with Crippen LogP contribution in [-0.4, -0.2) is 51.9 Å². The lowest BCUT2D eigenvalue weighted by Gasteiger charge is -2.31. The topological polar surface area (TPSA) is 96.0 Å². The monoisotopic (exact) mass is 543 g/mol. The maximum Gasteiger partial charge on any atom is 0.264 e. The molecular weight excluding hydrogens is 514 g/mol. The van der Waals surface area contributed by atoms with Crippen molar-refractivity contribution in [1.29, 1.82) is 0 Å². The highest BCUT2D eigenvalue weighted by molar-refractivity contribution is 7.92. The average Bonchev–Trinajstić information content (AvgIpc) is 2.90. The first kappa shape index (κ1) is 28.0. The van der Waals surface area contributed by atoms with Crippen molar-refractivity contribution in [3.63, 3.8) is 0 Å². The molecule has 0 aliphatic heterocycles. The number of sulfonamides is 1. The minimum absolute atomic E-state index is 0.0412. The highest BCUT2D eigenvalue weighted by atomic mass is 35.5. The Labute approximate surface area is 222 Å². The standard InChI is InChI=1S/C27H30ClN3O5S/c1-19-8-14-25(15-9-19)37(34,35)31(23-12-10-22(28)11-13-23)18-26(32)30(20(2)27(33)29-3)17-21-6-5-7-24(16-21)36-4/h5-16,20H,17-18H2,1-4H3,(H,29,33)/t20-/m0/s1. The Hall–Kier alpha value is -3.56. The summed E-state index contributed by atoms with van der Waals surface area (Å²) in [4.78, 5) is 27.7. The van der Waals surface area contributed by atoms with Gasteiger partial charge in [-0.25, -0.2) is 8.42 Å². The van der Waals surface area contributed by atoms with E-state index in [0.29, 0.717) is 10.8 Å². The summed E-state index contributed by atoms with van der Waals surface area (Å²) in [6.07, 6.45) is 0. The molecule has 0 saturated heterocycles. The number of halogens is 1. The molecule has 0 saturated carbocycles. The smallest absolute Gasteiger partial charge is 0.264 e. The molecule has 2 amide bonds. The summed E-state index contributed by atoms with van der Waals surface area (Å²) in [6, 6.07) is 18.8. The maximum atomic E-state index is 13.7. The molecule has 3 aromatic carbocycles. The lowest BCUT2D eigenvalue weighted by atomic mass is 10.1. The first-order valence-electron chi connectivity index (χ1n) is 11.6. The lowest BCUT2D eigenvalue weighted by Crippen LogP contribution is -2.50. The summed E-state index contributed by atoms with van der Waals surface area (Å²) in [5, 5.41) is 2.98. The van der Waals surface area contributed by atoms with Crippen LogP contribution in [0.25, 0.3) is 0 Å². The zero-order valence-corrected chi connectivity index (χ0v) is 22.7. The minimum Gasteiger partial charge on any atom is -0.497 e. The molecule has 0 radical (unpaired) electrons. The van der Waals surface area contributed by atoms with Crippen LogP contribution in [-0.2, 0) is 26.2 Å². The third-order valence-electron chi connectivity index (χ3n) is 5.90. The van der Waals surface area contributed by atoms with Gasteiger partial charge in [0.25, 0.3) is 10.0 Å². The summed E-state index contributed by atoms with van der Waals surface area (Å²) in [5.41, 5.74) is 1.90. The van der Waals surface area contributed by atoms with Gasteiger partial charge >= 0.3 is 0 Å². The fourth-order valence-electron chi connectivity index (χ4n) is 3.73. The number of rotatable bonds is 10. The Kier molecular flexibility index (Phi) is 9.18. The van der Waals surface area contributed by atoms with E-state index in [4.69, 9.17) is 16.3 Å². The van der Waals surface area contributed by atoms with Crippen molar-refractivity contribution < 1.29 is 22.7 Å².